The summed E-state index contributed by atoms with van der Waals surface area (Å²) >= 11 is 0. The molecule has 5 aromatic heterocycles. The summed E-state index contributed by atoms with van der Waals surface area (Å²) in [6.45, 7) is 5.95. The summed E-state index contributed by atoms with van der Waals surface area (Å²) in [6, 6.07) is 15.5. The molecular formula is C32H28N10O4. The summed E-state index contributed by atoms with van der Waals surface area (Å²) in [5, 5.41) is 18.5. The Hall–Kier alpha value is -6.36. The van der Waals surface area contributed by atoms with Crippen LogP contribution in [0.4, 0.5) is 11.5 Å². The smallest absolute Gasteiger partial charge is 0.290 e. The molecule has 2 N–H and O–H groups in total. The van der Waals surface area contributed by atoms with Crippen LogP contribution in [-0.4, -0.2) is 45.9 Å². The first-order valence-electron chi connectivity index (χ1n) is 14.3. The first-order valence-corrected chi connectivity index (χ1v) is 14.3. The molecule has 230 valence electrons. The molecule has 0 saturated heterocycles. The standard InChI is InChI=1S/C32H28N10O4/c1-5-42-25(23-10-9-21(17-34-23)27-18(2)46-40(4)32(27)45)16-24-29(42)28(36-19(3)35-24)31(44)37-22-8-6-7-20(15-22)30(43)38-26-11-13-41(39-26)14-12-33/h6-11,13,15-17H,5,14H2,1-4H3,(H,37,44)(H,38,39,43). The predicted octanol–water partition coefficient (Wildman–Crippen LogP) is 4.31. The average molecular weight is 617 g/mol. The van der Waals surface area contributed by atoms with Crippen molar-refractivity contribution in [3.05, 3.63) is 94.1 Å². The molecule has 14 heteroatoms. The van der Waals surface area contributed by atoms with Crippen LogP contribution < -0.4 is 16.2 Å². The van der Waals surface area contributed by atoms with Crippen molar-refractivity contribution in [2.75, 3.05) is 10.6 Å². The number of carbonyl (C=O) groups excluding carboxylic acids is 2. The van der Waals surface area contributed by atoms with Gasteiger partial charge in [0.1, 0.15) is 18.1 Å². The van der Waals surface area contributed by atoms with Gasteiger partial charge in [0.15, 0.2) is 11.5 Å². The van der Waals surface area contributed by atoms with Crippen LogP contribution in [0.1, 0.15) is 39.4 Å². The molecule has 0 spiro atoms. The molecule has 0 aliphatic rings. The number of benzene rings is 1. The topological polar surface area (TPSA) is 179 Å². The van der Waals surface area contributed by atoms with Crippen molar-refractivity contribution < 1.29 is 14.1 Å². The van der Waals surface area contributed by atoms with Gasteiger partial charge in [-0.15, -0.1) is 0 Å². The average Bonchev–Trinajstić information content (AvgIpc) is 3.71. The number of aromatic nitrogens is 7. The van der Waals surface area contributed by atoms with E-state index >= 15 is 0 Å². The number of hydrogen-bond acceptors (Lipinski definition) is 9. The lowest BCUT2D eigenvalue weighted by Gasteiger charge is -2.12. The molecule has 0 atom stereocenters. The zero-order valence-corrected chi connectivity index (χ0v) is 25.4. The Balaban J connectivity index is 1.29. The highest BCUT2D eigenvalue weighted by atomic mass is 16.5. The highest BCUT2D eigenvalue weighted by Gasteiger charge is 2.22. The van der Waals surface area contributed by atoms with E-state index in [1.165, 1.54) is 9.42 Å². The molecule has 0 fully saturated rings. The van der Waals surface area contributed by atoms with E-state index in [4.69, 9.17) is 9.78 Å². The van der Waals surface area contributed by atoms with Crippen LogP contribution in [0.25, 0.3) is 33.5 Å². The van der Waals surface area contributed by atoms with Gasteiger partial charge in [0.2, 0.25) is 0 Å². The van der Waals surface area contributed by atoms with Gasteiger partial charge in [-0.3, -0.25) is 24.0 Å². The second-order valence-electron chi connectivity index (χ2n) is 10.4. The number of nitrogens with one attached hydrogen (secondary N) is 2. The van der Waals surface area contributed by atoms with Gasteiger partial charge in [-0.05, 0) is 51.1 Å². The van der Waals surface area contributed by atoms with Crippen LogP contribution in [0.2, 0.25) is 0 Å². The molecular weight excluding hydrogens is 588 g/mol. The molecule has 0 bridgehead atoms. The zero-order valence-electron chi connectivity index (χ0n) is 25.4. The molecule has 0 aliphatic heterocycles. The maximum absolute atomic E-state index is 13.7. The van der Waals surface area contributed by atoms with Crippen LogP contribution >= 0.6 is 0 Å². The summed E-state index contributed by atoms with van der Waals surface area (Å²) in [5.74, 6) is 0.314. The van der Waals surface area contributed by atoms with Crippen molar-refractivity contribution in [1.82, 2.24) is 34.0 Å². The molecule has 0 aliphatic carbocycles. The van der Waals surface area contributed by atoms with E-state index in [0.29, 0.717) is 63.1 Å². The van der Waals surface area contributed by atoms with E-state index in [1.54, 1.807) is 63.6 Å². The first-order chi connectivity index (χ1) is 22.2. The zero-order chi connectivity index (χ0) is 32.5. The van der Waals surface area contributed by atoms with Crippen LogP contribution in [0, 0.1) is 25.2 Å². The Morgan fingerprint density at radius 3 is 2.57 bits per heavy atom. The minimum absolute atomic E-state index is 0.0625. The predicted molar refractivity (Wildman–Crippen MR) is 169 cm³/mol. The molecule has 0 radical (unpaired) electrons. The quantitative estimate of drug-likeness (QED) is 0.252. The molecule has 5 heterocycles. The Morgan fingerprint density at radius 2 is 1.87 bits per heavy atom. The fourth-order valence-electron chi connectivity index (χ4n) is 5.31. The van der Waals surface area contributed by atoms with Crippen LogP contribution in [0.5, 0.6) is 0 Å². The van der Waals surface area contributed by atoms with E-state index in [0.717, 1.165) is 5.69 Å². The second-order valence-corrected chi connectivity index (χ2v) is 10.4. The summed E-state index contributed by atoms with van der Waals surface area (Å²) in [5.41, 5.74) is 4.16. The number of hydrogen-bond donors (Lipinski definition) is 2. The SMILES string of the molecule is CCn1c(-c2ccc(-c3c(C)on(C)c3=O)cn2)cc2nc(C)nc(C(=O)Nc3cccc(C(=O)Nc4ccn(CC#N)n4)c3)c21. The van der Waals surface area contributed by atoms with Crippen LogP contribution in [0.15, 0.2) is 70.2 Å². The number of nitrogens with zero attached hydrogens (tertiary/aromatic N) is 8. The lowest BCUT2D eigenvalue weighted by Crippen LogP contribution is -2.18. The number of nitriles is 1. The van der Waals surface area contributed by atoms with Gasteiger partial charge in [-0.1, -0.05) is 12.1 Å². The minimum atomic E-state index is -0.475. The number of amides is 2. The van der Waals surface area contributed by atoms with Crippen molar-refractivity contribution in [2.24, 2.45) is 7.05 Å². The van der Waals surface area contributed by atoms with Crippen LogP contribution in [-0.2, 0) is 20.1 Å². The lowest BCUT2D eigenvalue weighted by atomic mass is 10.1. The fraction of sp³-hybridized carbons (Fsp3) is 0.188. The van der Waals surface area contributed by atoms with Crippen LogP contribution in [0.3, 0.4) is 0 Å². The maximum Gasteiger partial charge on any atom is 0.290 e. The maximum atomic E-state index is 13.7. The van der Waals surface area contributed by atoms with E-state index < -0.39 is 11.8 Å². The minimum Gasteiger partial charge on any atom is -0.381 e. The van der Waals surface area contributed by atoms with Gasteiger partial charge >= 0.3 is 0 Å². The Labute approximate surface area is 261 Å². The van der Waals surface area contributed by atoms with Gasteiger partial charge < -0.3 is 19.7 Å². The number of aryl methyl sites for hydroxylation is 4. The Kier molecular flexibility index (Phi) is 7.73. The van der Waals surface area contributed by atoms with Gasteiger partial charge in [0.25, 0.3) is 17.4 Å². The molecule has 0 unspecified atom stereocenters. The van der Waals surface area contributed by atoms with Crippen molar-refractivity contribution in [1.29, 1.82) is 5.26 Å². The Morgan fingerprint density at radius 1 is 1.04 bits per heavy atom. The molecule has 14 nitrogen and oxygen atoms in total. The van der Waals surface area contributed by atoms with Gasteiger partial charge in [-0.25, -0.2) is 9.97 Å². The molecule has 2 amide bonds. The number of carbonyl (C=O) groups is 2. The lowest BCUT2D eigenvalue weighted by molar-refractivity contribution is 0.101. The van der Waals surface area contributed by atoms with Crippen molar-refractivity contribution >= 4 is 34.4 Å². The summed E-state index contributed by atoms with van der Waals surface area (Å²) in [6.07, 6.45) is 3.21. The van der Waals surface area contributed by atoms with Crippen molar-refractivity contribution in [3.63, 3.8) is 0 Å². The molecule has 6 rings (SSSR count). The fourth-order valence-corrected chi connectivity index (χ4v) is 5.31. The summed E-state index contributed by atoms with van der Waals surface area (Å²) in [7, 11) is 1.56. The highest BCUT2D eigenvalue weighted by molar-refractivity contribution is 6.11. The number of pyridine rings is 1. The third kappa shape index (κ3) is 5.52. The number of rotatable bonds is 8. The highest BCUT2D eigenvalue weighted by Crippen LogP contribution is 2.30. The van der Waals surface area contributed by atoms with Gasteiger partial charge in [-0.2, -0.15) is 15.1 Å². The second kappa shape index (κ2) is 12.0. The van der Waals surface area contributed by atoms with E-state index in [-0.39, 0.29) is 17.8 Å². The van der Waals surface area contributed by atoms with E-state index in [2.05, 4.69) is 30.7 Å². The van der Waals surface area contributed by atoms with E-state index in [1.807, 2.05) is 35.8 Å². The third-order valence-electron chi connectivity index (χ3n) is 7.33. The van der Waals surface area contributed by atoms with Crippen molar-refractivity contribution in [2.45, 2.75) is 33.9 Å². The molecule has 0 saturated carbocycles. The van der Waals surface area contributed by atoms with E-state index in [9.17, 15) is 14.4 Å². The number of fused-ring (bicyclic) bond motifs is 1. The van der Waals surface area contributed by atoms with Crippen molar-refractivity contribution in [3.8, 4) is 28.6 Å². The summed E-state index contributed by atoms with van der Waals surface area (Å²) < 4.78 is 9.93. The largest absolute Gasteiger partial charge is 0.381 e. The van der Waals surface area contributed by atoms with Gasteiger partial charge in [0.05, 0.1) is 34.1 Å². The third-order valence-corrected chi connectivity index (χ3v) is 7.33. The molecule has 6 aromatic rings. The Bertz CT molecular complexity index is 2230. The molecule has 46 heavy (non-hydrogen) atoms. The summed E-state index contributed by atoms with van der Waals surface area (Å²) in [4.78, 5) is 52.8. The monoisotopic (exact) mass is 616 g/mol. The number of anilines is 2. The normalized spacial score (nSPS) is 11.0. The van der Waals surface area contributed by atoms with Gasteiger partial charge in [0, 0.05) is 48.9 Å². The first kappa shape index (κ1) is 29.7. The molecule has 1 aromatic carbocycles.